The molecule has 2 N–H and O–H groups in total. The fourth-order valence-electron chi connectivity index (χ4n) is 2.28. The molecule has 0 saturated heterocycles. The van der Waals surface area contributed by atoms with Gasteiger partial charge in [-0.1, -0.05) is 19.3 Å². The molecule has 0 radical (unpaired) electrons. The lowest BCUT2D eigenvalue weighted by Gasteiger charge is -2.37. The first kappa shape index (κ1) is 14.9. The van der Waals surface area contributed by atoms with Gasteiger partial charge in [-0.25, -0.2) is 8.42 Å². The maximum Gasteiger partial charge on any atom is 0.216 e. The highest BCUT2D eigenvalue weighted by Crippen LogP contribution is 2.29. The average molecular weight is 262 g/mol. The van der Waals surface area contributed by atoms with Gasteiger partial charge in [0.15, 0.2) is 0 Å². The van der Waals surface area contributed by atoms with E-state index in [-0.39, 0.29) is 11.3 Å². The lowest BCUT2D eigenvalue weighted by molar-refractivity contribution is 0.277. The topological polar surface area (TPSA) is 63.4 Å². The van der Waals surface area contributed by atoms with E-state index in [1.165, 1.54) is 10.7 Å². The Morgan fingerprint density at radius 3 is 2.06 bits per heavy atom. The van der Waals surface area contributed by atoms with Crippen LogP contribution in [0.4, 0.5) is 0 Å². The molecule has 0 bridgehead atoms. The first-order chi connectivity index (χ1) is 7.57. The lowest BCUT2D eigenvalue weighted by atomic mass is 9.84. The molecule has 1 rings (SSSR count). The molecule has 1 fully saturated rings. The van der Waals surface area contributed by atoms with Crippen molar-refractivity contribution in [3.8, 4) is 0 Å². The summed E-state index contributed by atoms with van der Waals surface area (Å²) in [5, 5.41) is 0. The Hall–Kier alpha value is -0.130. The van der Waals surface area contributed by atoms with Gasteiger partial charge in [0.25, 0.3) is 0 Å². The Kier molecular flexibility index (Phi) is 4.27. The van der Waals surface area contributed by atoms with Crippen LogP contribution in [0.3, 0.4) is 0 Å². The van der Waals surface area contributed by atoms with Gasteiger partial charge in [-0.2, -0.15) is 4.31 Å². The number of hydrogen-bond acceptors (Lipinski definition) is 3. The van der Waals surface area contributed by atoms with Crippen molar-refractivity contribution in [2.75, 3.05) is 12.8 Å². The monoisotopic (exact) mass is 262 g/mol. The third-order valence-corrected chi connectivity index (χ3v) is 6.00. The zero-order valence-corrected chi connectivity index (χ0v) is 12.3. The third-order valence-electron chi connectivity index (χ3n) is 3.68. The van der Waals surface area contributed by atoms with Gasteiger partial charge in [-0.15, -0.1) is 0 Å². The van der Waals surface area contributed by atoms with Crippen molar-refractivity contribution in [3.63, 3.8) is 0 Å². The van der Waals surface area contributed by atoms with Crippen LogP contribution in [-0.2, 0) is 10.0 Å². The van der Waals surface area contributed by atoms with Gasteiger partial charge in [0, 0.05) is 18.1 Å². The SMILES string of the molecule is CN(C(C)(C)C)S(=O)(=O)CC1(N)CCCCC1. The normalized spacial score (nSPS) is 21.8. The van der Waals surface area contributed by atoms with Crippen LogP contribution in [-0.4, -0.2) is 36.6 Å². The van der Waals surface area contributed by atoms with E-state index in [1.807, 2.05) is 20.8 Å². The van der Waals surface area contributed by atoms with Crippen LogP contribution in [0.1, 0.15) is 52.9 Å². The standard InChI is InChI=1S/C12H26N2O2S/c1-11(2,3)14(4)17(15,16)10-12(13)8-6-5-7-9-12/h5-10,13H2,1-4H3. The van der Waals surface area contributed by atoms with Crippen LogP contribution >= 0.6 is 0 Å². The summed E-state index contributed by atoms with van der Waals surface area (Å²) in [5.41, 5.74) is 5.32. The number of hydrogen-bond donors (Lipinski definition) is 1. The highest BCUT2D eigenvalue weighted by Gasteiger charge is 2.37. The van der Waals surface area contributed by atoms with E-state index >= 15 is 0 Å². The maximum atomic E-state index is 12.3. The van der Waals surface area contributed by atoms with Crippen LogP contribution in [0.25, 0.3) is 0 Å². The van der Waals surface area contributed by atoms with E-state index in [0.29, 0.717) is 0 Å². The highest BCUT2D eigenvalue weighted by atomic mass is 32.2. The number of sulfonamides is 1. The first-order valence-electron chi connectivity index (χ1n) is 6.32. The molecule has 0 aromatic rings. The molecule has 0 spiro atoms. The molecular weight excluding hydrogens is 236 g/mol. The largest absolute Gasteiger partial charge is 0.324 e. The molecule has 17 heavy (non-hydrogen) atoms. The molecule has 4 nitrogen and oxygen atoms in total. The number of rotatable bonds is 3. The Morgan fingerprint density at radius 2 is 1.65 bits per heavy atom. The summed E-state index contributed by atoms with van der Waals surface area (Å²) in [7, 11) is -1.63. The molecule has 0 aromatic carbocycles. The molecule has 1 aliphatic carbocycles. The zero-order chi connectivity index (χ0) is 13.3. The molecule has 1 saturated carbocycles. The first-order valence-corrected chi connectivity index (χ1v) is 7.93. The van der Waals surface area contributed by atoms with Gasteiger partial charge < -0.3 is 5.73 Å². The molecule has 0 unspecified atom stereocenters. The van der Waals surface area contributed by atoms with Crippen molar-refractivity contribution in [1.29, 1.82) is 0 Å². The minimum absolute atomic E-state index is 0.0772. The van der Waals surface area contributed by atoms with E-state index in [9.17, 15) is 8.42 Å². The maximum absolute atomic E-state index is 12.3. The quantitative estimate of drug-likeness (QED) is 0.842. The summed E-state index contributed by atoms with van der Waals surface area (Å²) >= 11 is 0. The Morgan fingerprint density at radius 1 is 1.18 bits per heavy atom. The second-order valence-electron chi connectivity index (χ2n) is 6.32. The van der Waals surface area contributed by atoms with Crippen molar-refractivity contribution >= 4 is 10.0 Å². The lowest BCUT2D eigenvalue weighted by Crippen LogP contribution is -2.53. The van der Waals surface area contributed by atoms with Crippen LogP contribution < -0.4 is 5.73 Å². The van der Waals surface area contributed by atoms with Crippen LogP contribution in [0.2, 0.25) is 0 Å². The Balaban J connectivity index is 2.79. The third kappa shape index (κ3) is 3.93. The molecule has 0 heterocycles. The van der Waals surface area contributed by atoms with E-state index in [2.05, 4.69) is 0 Å². The van der Waals surface area contributed by atoms with Crippen molar-refractivity contribution in [3.05, 3.63) is 0 Å². The minimum atomic E-state index is -3.27. The summed E-state index contributed by atoms with van der Waals surface area (Å²) in [4.78, 5) is 0. The van der Waals surface area contributed by atoms with Gasteiger partial charge in [0.05, 0.1) is 5.75 Å². The van der Waals surface area contributed by atoms with E-state index in [4.69, 9.17) is 5.73 Å². The van der Waals surface area contributed by atoms with Gasteiger partial charge in [0.1, 0.15) is 0 Å². The number of nitrogens with zero attached hydrogens (tertiary/aromatic N) is 1. The predicted molar refractivity (Wildman–Crippen MR) is 71.3 cm³/mol. The van der Waals surface area contributed by atoms with Crippen molar-refractivity contribution in [1.82, 2.24) is 4.31 Å². The van der Waals surface area contributed by atoms with Crippen molar-refractivity contribution < 1.29 is 8.42 Å². The average Bonchev–Trinajstić information content (AvgIpc) is 2.14. The zero-order valence-electron chi connectivity index (χ0n) is 11.5. The van der Waals surface area contributed by atoms with Crippen LogP contribution in [0.5, 0.6) is 0 Å². The summed E-state index contributed by atoms with van der Waals surface area (Å²) in [5.74, 6) is 0.0772. The molecule has 1 aliphatic rings. The van der Waals surface area contributed by atoms with Gasteiger partial charge >= 0.3 is 0 Å². The summed E-state index contributed by atoms with van der Waals surface area (Å²) < 4.78 is 26.0. The molecular formula is C12H26N2O2S. The molecule has 5 heteroatoms. The van der Waals surface area contributed by atoms with Gasteiger partial charge in [-0.05, 0) is 33.6 Å². The van der Waals surface area contributed by atoms with Crippen LogP contribution in [0.15, 0.2) is 0 Å². The van der Waals surface area contributed by atoms with Crippen molar-refractivity contribution in [2.45, 2.75) is 64.0 Å². The summed E-state index contributed by atoms with van der Waals surface area (Å²) in [6.07, 6.45) is 4.92. The molecule has 102 valence electrons. The molecule has 0 aliphatic heterocycles. The Bertz CT molecular complexity index is 351. The highest BCUT2D eigenvalue weighted by molar-refractivity contribution is 7.89. The summed E-state index contributed by atoms with van der Waals surface area (Å²) in [6.45, 7) is 5.69. The van der Waals surface area contributed by atoms with Gasteiger partial charge in [0.2, 0.25) is 10.0 Å². The predicted octanol–water partition coefficient (Wildman–Crippen LogP) is 1.71. The smallest absolute Gasteiger partial charge is 0.216 e. The van der Waals surface area contributed by atoms with Gasteiger partial charge in [-0.3, -0.25) is 0 Å². The van der Waals surface area contributed by atoms with E-state index in [0.717, 1.165) is 25.7 Å². The van der Waals surface area contributed by atoms with E-state index < -0.39 is 15.6 Å². The second kappa shape index (κ2) is 4.86. The van der Waals surface area contributed by atoms with E-state index in [1.54, 1.807) is 7.05 Å². The summed E-state index contributed by atoms with van der Waals surface area (Å²) in [6, 6.07) is 0. The van der Waals surface area contributed by atoms with Crippen LogP contribution in [0, 0.1) is 0 Å². The molecule has 0 aromatic heterocycles. The second-order valence-corrected chi connectivity index (χ2v) is 8.32. The fourth-order valence-corrected chi connectivity index (χ4v) is 4.32. The Labute approximate surface area is 106 Å². The van der Waals surface area contributed by atoms with Crippen molar-refractivity contribution in [2.24, 2.45) is 5.73 Å². The number of nitrogens with two attached hydrogens (primary N) is 1. The molecule has 0 amide bonds. The fraction of sp³-hybridized carbons (Fsp3) is 1.00. The minimum Gasteiger partial charge on any atom is -0.324 e. The molecule has 0 atom stereocenters.